The minimum Gasteiger partial charge on any atom is -0.497 e. The van der Waals surface area contributed by atoms with E-state index >= 15 is 0 Å². The van der Waals surface area contributed by atoms with Crippen LogP contribution in [0.2, 0.25) is 0 Å². The van der Waals surface area contributed by atoms with E-state index in [1.54, 1.807) is 20.3 Å². The van der Waals surface area contributed by atoms with Crippen molar-refractivity contribution in [3.05, 3.63) is 23.8 Å². The topological polar surface area (TPSA) is 75.6 Å². The van der Waals surface area contributed by atoms with Crippen LogP contribution in [0.3, 0.4) is 0 Å². The van der Waals surface area contributed by atoms with Gasteiger partial charge in [0.25, 0.3) is 0 Å². The molecule has 1 aromatic carbocycles. The van der Waals surface area contributed by atoms with Gasteiger partial charge in [0, 0.05) is 25.8 Å². The van der Waals surface area contributed by atoms with E-state index in [2.05, 4.69) is 0 Å². The van der Waals surface area contributed by atoms with E-state index in [1.807, 2.05) is 12.1 Å². The molecule has 1 aliphatic heterocycles. The molecule has 7 heteroatoms. The number of methoxy groups -OCH3 is 4. The molecule has 0 unspecified atom stereocenters. The molecule has 0 aliphatic carbocycles. The maximum absolute atomic E-state index is 10.2. The molecule has 4 atom stereocenters. The first-order valence-electron chi connectivity index (χ1n) is 7.32. The van der Waals surface area contributed by atoms with Gasteiger partial charge in [-0.1, -0.05) is 0 Å². The highest BCUT2D eigenvalue weighted by molar-refractivity contribution is 5.40. The molecular formula is C16H24O7. The van der Waals surface area contributed by atoms with Gasteiger partial charge in [-0.3, -0.25) is 0 Å². The maximum Gasteiger partial charge on any atom is 0.186 e. The van der Waals surface area contributed by atoms with Gasteiger partial charge in [0.2, 0.25) is 0 Å². The lowest BCUT2D eigenvalue weighted by Crippen LogP contribution is -2.36. The van der Waals surface area contributed by atoms with Crippen molar-refractivity contribution in [3.63, 3.8) is 0 Å². The molecule has 1 N–H and O–H groups in total. The van der Waals surface area contributed by atoms with Gasteiger partial charge in [0.1, 0.15) is 29.8 Å². The van der Waals surface area contributed by atoms with Crippen LogP contribution in [0.4, 0.5) is 0 Å². The molecule has 1 heterocycles. The van der Waals surface area contributed by atoms with Crippen molar-refractivity contribution < 1.29 is 33.5 Å². The van der Waals surface area contributed by atoms with Crippen LogP contribution in [0.5, 0.6) is 11.5 Å². The smallest absolute Gasteiger partial charge is 0.186 e. The van der Waals surface area contributed by atoms with Gasteiger partial charge in [-0.15, -0.1) is 0 Å². The molecule has 1 saturated heterocycles. The summed E-state index contributed by atoms with van der Waals surface area (Å²) in [6, 6.07) is 5.51. The lowest BCUT2D eigenvalue weighted by Gasteiger charge is -2.17. The van der Waals surface area contributed by atoms with Gasteiger partial charge in [0.05, 0.1) is 27.4 Å². The van der Waals surface area contributed by atoms with E-state index in [1.165, 1.54) is 14.2 Å². The van der Waals surface area contributed by atoms with Gasteiger partial charge in [-0.2, -0.15) is 0 Å². The van der Waals surface area contributed by atoms with Crippen LogP contribution >= 0.6 is 0 Å². The fourth-order valence-corrected chi connectivity index (χ4v) is 2.54. The summed E-state index contributed by atoms with van der Waals surface area (Å²) in [7, 11) is 6.21. The third kappa shape index (κ3) is 4.13. The quantitative estimate of drug-likeness (QED) is 0.762. The molecule has 0 aromatic heterocycles. The van der Waals surface area contributed by atoms with Gasteiger partial charge in [-0.05, 0) is 12.1 Å². The van der Waals surface area contributed by atoms with Crippen LogP contribution in [-0.2, 0) is 25.6 Å². The molecule has 1 fully saturated rings. The van der Waals surface area contributed by atoms with Gasteiger partial charge >= 0.3 is 0 Å². The summed E-state index contributed by atoms with van der Waals surface area (Å²) in [6.45, 7) is 0.547. The molecule has 7 nitrogen and oxygen atoms in total. The van der Waals surface area contributed by atoms with Crippen LogP contribution in [-0.4, -0.2) is 64.8 Å². The molecule has 0 radical (unpaired) electrons. The minimum absolute atomic E-state index is 0.218. The highest BCUT2D eigenvalue weighted by Gasteiger charge is 2.44. The number of rotatable bonds is 8. The van der Waals surface area contributed by atoms with Crippen LogP contribution in [0.1, 0.15) is 5.56 Å². The van der Waals surface area contributed by atoms with Crippen LogP contribution in [0.15, 0.2) is 18.2 Å². The minimum atomic E-state index is -0.803. The van der Waals surface area contributed by atoms with Crippen molar-refractivity contribution in [2.75, 3.05) is 35.0 Å². The molecular weight excluding hydrogens is 304 g/mol. The zero-order valence-electron chi connectivity index (χ0n) is 13.9. The SMILES string of the molecule is COc1ccc(COC[C@H]2O[C@H](OC)[C@H](OC)[C@H]2O)c(OC)c1. The van der Waals surface area contributed by atoms with Gasteiger partial charge in [-0.25, -0.2) is 0 Å². The number of benzene rings is 1. The fraction of sp³-hybridized carbons (Fsp3) is 0.625. The summed E-state index contributed by atoms with van der Waals surface area (Å²) in [5.41, 5.74) is 0.882. The second kappa shape index (κ2) is 8.47. The first-order valence-corrected chi connectivity index (χ1v) is 7.32. The summed E-state index contributed by atoms with van der Waals surface area (Å²) < 4.78 is 32.1. The molecule has 2 rings (SSSR count). The normalized spacial score (nSPS) is 27.2. The zero-order chi connectivity index (χ0) is 16.8. The van der Waals surface area contributed by atoms with Crippen molar-refractivity contribution >= 4 is 0 Å². The Morgan fingerprint density at radius 1 is 1.09 bits per heavy atom. The number of hydrogen-bond acceptors (Lipinski definition) is 7. The van der Waals surface area contributed by atoms with E-state index in [9.17, 15) is 5.11 Å². The second-order valence-corrected chi connectivity index (χ2v) is 5.16. The summed E-state index contributed by atoms with van der Waals surface area (Å²) >= 11 is 0. The monoisotopic (exact) mass is 328 g/mol. The highest BCUT2D eigenvalue weighted by Crippen LogP contribution is 2.27. The van der Waals surface area contributed by atoms with Crippen molar-refractivity contribution in [3.8, 4) is 11.5 Å². The third-order valence-electron chi connectivity index (χ3n) is 3.83. The standard InChI is InChI=1S/C16H24O7/c1-18-11-6-5-10(12(7-11)19-2)8-22-9-13-14(17)15(20-3)16(21-4)23-13/h5-7,13-17H,8-9H2,1-4H3/t13-,14+,15-,16+/m1/s1. The van der Waals surface area contributed by atoms with E-state index in [4.69, 9.17) is 28.4 Å². The molecule has 1 aromatic rings. The lowest BCUT2D eigenvalue weighted by atomic mass is 10.1. The van der Waals surface area contributed by atoms with E-state index in [0.717, 1.165) is 5.56 Å². The number of aliphatic hydroxyl groups is 1. The Kier molecular flexibility index (Phi) is 6.61. The van der Waals surface area contributed by atoms with Gasteiger partial charge in [0.15, 0.2) is 6.29 Å². The molecule has 1 aliphatic rings. The average molecular weight is 328 g/mol. The summed E-state index contributed by atoms with van der Waals surface area (Å²) in [6.07, 6.45) is -2.43. The molecule has 23 heavy (non-hydrogen) atoms. The van der Waals surface area contributed by atoms with Crippen molar-refractivity contribution in [2.45, 2.75) is 31.2 Å². The Labute approximate surface area is 136 Å². The van der Waals surface area contributed by atoms with Crippen molar-refractivity contribution in [1.82, 2.24) is 0 Å². The van der Waals surface area contributed by atoms with Gasteiger partial charge < -0.3 is 33.5 Å². The number of aliphatic hydroxyl groups excluding tert-OH is 1. The predicted octanol–water partition coefficient (Wildman–Crippen LogP) is 0.968. The van der Waals surface area contributed by atoms with Crippen LogP contribution in [0.25, 0.3) is 0 Å². The average Bonchev–Trinajstić information content (AvgIpc) is 2.90. The molecule has 0 saturated carbocycles. The molecule has 0 spiro atoms. The van der Waals surface area contributed by atoms with Crippen LogP contribution < -0.4 is 9.47 Å². The first kappa shape index (κ1) is 18.0. The van der Waals surface area contributed by atoms with E-state index in [0.29, 0.717) is 18.1 Å². The maximum atomic E-state index is 10.2. The summed E-state index contributed by atoms with van der Waals surface area (Å²) in [5, 5.41) is 10.2. The Morgan fingerprint density at radius 3 is 2.43 bits per heavy atom. The Morgan fingerprint density at radius 2 is 1.87 bits per heavy atom. The van der Waals surface area contributed by atoms with E-state index < -0.39 is 24.6 Å². The van der Waals surface area contributed by atoms with Crippen molar-refractivity contribution in [2.24, 2.45) is 0 Å². The molecule has 130 valence electrons. The van der Waals surface area contributed by atoms with Crippen LogP contribution in [0, 0.1) is 0 Å². The third-order valence-corrected chi connectivity index (χ3v) is 3.83. The Hall–Kier alpha value is -1.38. The largest absolute Gasteiger partial charge is 0.497 e. The highest BCUT2D eigenvalue weighted by atomic mass is 16.7. The predicted molar refractivity (Wildman–Crippen MR) is 81.7 cm³/mol. The zero-order valence-corrected chi connectivity index (χ0v) is 13.9. The summed E-state index contributed by atoms with van der Waals surface area (Å²) in [4.78, 5) is 0. The Bertz CT molecular complexity index is 493. The molecule has 0 amide bonds. The summed E-state index contributed by atoms with van der Waals surface area (Å²) in [5.74, 6) is 1.40. The lowest BCUT2D eigenvalue weighted by molar-refractivity contribution is -0.162. The molecule has 0 bridgehead atoms. The van der Waals surface area contributed by atoms with E-state index in [-0.39, 0.29) is 6.61 Å². The Balaban J connectivity index is 1.90. The first-order chi connectivity index (χ1) is 11.1. The second-order valence-electron chi connectivity index (χ2n) is 5.16. The van der Waals surface area contributed by atoms with Crippen molar-refractivity contribution in [1.29, 1.82) is 0 Å². The fourth-order valence-electron chi connectivity index (χ4n) is 2.54. The number of hydrogen-bond donors (Lipinski definition) is 1. The number of ether oxygens (including phenoxy) is 6.